The summed E-state index contributed by atoms with van der Waals surface area (Å²) in [6.45, 7) is 7.16. The standard InChI is InChI=1S/C22H16FN5O/c1-3-12(17(23)4-2)18-10-15(14-6-5-8-26-21(14)28-18)16-11-27-22(29)19-13(16)7-9-25-20(19)24/h3-11H,1-2H2,(H2,24,25)(H,27,29)/b17-12-. The fourth-order valence-corrected chi connectivity index (χ4v) is 3.30. The van der Waals surface area contributed by atoms with Crippen molar-refractivity contribution in [3.63, 3.8) is 0 Å². The second kappa shape index (κ2) is 7.12. The maximum absolute atomic E-state index is 14.3. The van der Waals surface area contributed by atoms with Gasteiger partial charge in [0, 0.05) is 40.5 Å². The molecule has 4 aromatic heterocycles. The van der Waals surface area contributed by atoms with Crippen LogP contribution in [0.15, 0.2) is 78.8 Å². The number of fused-ring (bicyclic) bond motifs is 2. The lowest BCUT2D eigenvalue weighted by atomic mass is 9.97. The summed E-state index contributed by atoms with van der Waals surface area (Å²) in [7, 11) is 0. The van der Waals surface area contributed by atoms with Gasteiger partial charge < -0.3 is 10.7 Å². The summed E-state index contributed by atoms with van der Waals surface area (Å²) >= 11 is 0. The van der Waals surface area contributed by atoms with Crippen LogP contribution in [0.25, 0.3) is 38.5 Å². The molecule has 0 saturated heterocycles. The van der Waals surface area contributed by atoms with E-state index in [9.17, 15) is 9.18 Å². The minimum Gasteiger partial charge on any atom is -0.383 e. The summed E-state index contributed by atoms with van der Waals surface area (Å²) in [4.78, 5) is 27.8. The summed E-state index contributed by atoms with van der Waals surface area (Å²) < 4.78 is 14.3. The molecule has 4 heterocycles. The molecule has 0 radical (unpaired) electrons. The van der Waals surface area contributed by atoms with Crippen molar-refractivity contribution < 1.29 is 4.39 Å². The molecule has 0 aromatic carbocycles. The van der Waals surface area contributed by atoms with Crippen molar-refractivity contribution in [3.8, 4) is 11.1 Å². The largest absolute Gasteiger partial charge is 0.383 e. The SMILES string of the molecule is C=C/C(F)=C(\C=C)c1cc(-c2c[nH]c(=O)c3c(N)nccc23)c2cccnc2n1. The molecule has 0 bridgehead atoms. The van der Waals surface area contributed by atoms with Crippen molar-refractivity contribution in [2.24, 2.45) is 0 Å². The average Bonchev–Trinajstić information content (AvgIpc) is 2.74. The third-order valence-corrected chi connectivity index (χ3v) is 4.64. The highest BCUT2D eigenvalue weighted by molar-refractivity contribution is 6.06. The number of aromatic amines is 1. The molecule has 0 aliphatic heterocycles. The fourth-order valence-electron chi connectivity index (χ4n) is 3.30. The van der Waals surface area contributed by atoms with Gasteiger partial charge >= 0.3 is 0 Å². The van der Waals surface area contributed by atoms with Crippen LogP contribution in [0.2, 0.25) is 0 Å². The predicted octanol–water partition coefficient (Wildman–Crippen LogP) is 4.17. The molecule has 4 rings (SSSR count). The van der Waals surface area contributed by atoms with Crippen LogP contribution in [0.3, 0.4) is 0 Å². The Labute approximate surface area is 165 Å². The molecule has 0 aliphatic carbocycles. The Morgan fingerprint density at radius 3 is 2.69 bits per heavy atom. The number of H-pyrrole nitrogens is 1. The number of nitrogen functional groups attached to an aromatic ring is 1. The number of aromatic nitrogens is 4. The van der Waals surface area contributed by atoms with Crippen molar-refractivity contribution in [2.75, 3.05) is 5.73 Å². The summed E-state index contributed by atoms with van der Waals surface area (Å²) in [6, 6.07) is 7.09. The average molecular weight is 385 g/mol. The first-order chi connectivity index (χ1) is 14.0. The van der Waals surface area contributed by atoms with Gasteiger partial charge in [0.05, 0.1) is 11.1 Å². The number of nitrogens with two attached hydrogens (primary N) is 1. The smallest absolute Gasteiger partial charge is 0.259 e. The van der Waals surface area contributed by atoms with Crippen molar-refractivity contribution in [1.82, 2.24) is 19.9 Å². The molecule has 0 aliphatic rings. The zero-order valence-electron chi connectivity index (χ0n) is 15.3. The fraction of sp³-hybridized carbons (Fsp3) is 0. The monoisotopic (exact) mass is 385 g/mol. The van der Waals surface area contributed by atoms with E-state index in [0.717, 1.165) is 11.5 Å². The second-order valence-electron chi connectivity index (χ2n) is 6.25. The lowest BCUT2D eigenvalue weighted by Crippen LogP contribution is -2.09. The maximum atomic E-state index is 14.3. The van der Waals surface area contributed by atoms with E-state index in [4.69, 9.17) is 5.73 Å². The second-order valence-corrected chi connectivity index (χ2v) is 6.25. The Balaban J connectivity index is 2.15. The van der Waals surface area contributed by atoms with Gasteiger partial charge in [-0.15, -0.1) is 0 Å². The predicted molar refractivity (Wildman–Crippen MR) is 114 cm³/mol. The van der Waals surface area contributed by atoms with Crippen LogP contribution in [0.1, 0.15) is 5.69 Å². The molecule has 0 fully saturated rings. The molecule has 0 unspecified atom stereocenters. The molecular weight excluding hydrogens is 369 g/mol. The van der Waals surface area contributed by atoms with Crippen LogP contribution in [-0.2, 0) is 0 Å². The summed E-state index contributed by atoms with van der Waals surface area (Å²) in [6.07, 6.45) is 7.22. The van der Waals surface area contributed by atoms with E-state index in [0.29, 0.717) is 27.9 Å². The first-order valence-electron chi connectivity index (χ1n) is 8.72. The number of hydrogen-bond acceptors (Lipinski definition) is 5. The Hall–Kier alpha value is -4.13. The molecule has 4 aromatic rings. The van der Waals surface area contributed by atoms with Gasteiger partial charge in [-0.2, -0.15) is 0 Å². The van der Waals surface area contributed by atoms with E-state index in [1.54, 1.807) is 30.6 Å². The van der Waals surface area contributed by atoms with Gasteiger partial charge in [-0.25, -0.2) is 19.3 Å². The van der Waals surface area contributed by atoms with Gasteiger partial charge in [-0.1, -0.05) is 19.2 Å². The van der Waals surface area contributed by atoms with Gasteiger partial charge in [0.2, 0.25) is 0 Å². The Morgan fingerprint density at radius 2 is 1.93 bits per heavy atom. The molecule has 0 atom stereocenters. The van der Waals surface area contributed by atoms with Crippen molar-refractivity contribution in [2.45, 2.75) is 0 Å². The topological polar surface area (TPSA) is 97.5 Å². The number of anilines is 1. The summed E-state index contributed by atoms with van der Waals surface area (Å²) in [5, 5.41) is 1.65. The van der Waals surface area contributed by atoms with Gasteiger partial charge in [-0.05, 0) is 35.9 Å². The molecule has 7 heteroatoms. The Bertz CT molecular complexity index is 1390. The van der Waals surface area contributed by atoms with Crippen LogP contribution in [0.4, 0.5) is 10.2 Å². The number of nitrogens with one attached hydrogen (secondary N) is 1. The zero-order chi connectivity index (χ0) is 20.5. The molecule has 3 N–H and O–H groups in total. The zero-order valence-corrected chi connectivity index (χ0v) is 15.3. The number of allylic oxidation sites excluding steroid dienone is 4. The molecule has 6 nitrogen and oxygen atoms in total. The first-order valence-corrected chi connectivity index (χ1v) is 8.72. The minimum absolute atomic E-state index is 0.131. The quantitative estimate of drug-likeness (QED) is 0.514. The normalized spacial score (nSPS) is 12.0. The van der Waals surface area contributed by atoms with Crippen molar-refractivity contribution >= 4 is 33.2 Å². The first kappa shape index (κ1) is 18.2. The van der Waals surface area contributed by atoms with E-state index in [1.165, 1.54) is 12.3 Å². The van der Waals surface area contributed by atoms with Gasteiger partial charge in [0.15, 0.2) is 5.65 Å². The van der Waals surface area contributed by atoms with E-state index in [1.807, 2.05) is 6.07 Å². The molecule has 142 valence electrons. The third kappa shape index (κ3) is 2.98. The number of halogens is 1. The van der Waals surface area contributed by atoms with E-state index in [2.05, 4.69) is 33.1 Å². The highest BCUT2D eigenvalue weighted by Crippen LogP contribution is 2.34. The van der Waals surface area contributed by atoms with E-state index < -0.39 is 5.83 Å². The summed E-state index contributed by atoms with van der Waals surface area (Å²) in [5.74, 6) is -0.416. The Morgan fingerprint density at radius 1 is 1.10 bits per heavy atom. The Kier molecular flexibility index (Phi) is 4.48. The van der Waals surface area contributed by atoms with E-state index >= 15 is 0 Å². The lowest BCUT2D eigenvalue weighted by molar-refractivity contribution is 0.671. The van der Waals surface area contributed by atoms with Gasteiger partial charge in [0.25, 0.3) is 5.56 Å². The number of pyridine rings is 4. The van der Waals surface area contributed by atoms with Crippen LogP contribution in [0, 0.1) is 0 Å². The van der Waals surface area contributed by atoms with E-state index in [-0.39, 0.29) is 22.3 Å². The number of rotatable bonds is 4. The highest BCUT2D eigenvalue weighted by atomic mass is 19.1. The maximum Gasteiger partial charge on any atom is 0.259 e. The van der Waals surface area contributed by atoms with Gasteiger partial charge in [0.1, 0.15) is 11.6 Å². The third-order valence-electron chi connectivity index (χ3n) is 4.64. The molecule has 0 spiro atoms. The number of hydrogen-bond donors (Lipinski definition) is 2. The van der Waals surface area contributed by atoms with Crippen LogP contribution in [0.5, 0.6) is 0 Å². The van der Waals surface area contributed by atoms with Crippen LogP contribution < -0.4 is 11.3 Å². The lowest BCUT2D eigenvalue weighted by Gasteiger charge is -2.12. The molecule has 0 saturated carbocycles. The van der Waals surface area contributed by atoms with Crippen molar-refractivity contribution in [1.29, 1.82) is 0 Å². The molecular formula is C22H16FN5O. The van der Waals surface area contributed by atoms with Crippen molar-refractivity contribution in [3.05, 3.63) is 90.0 Å². The van der Waals surface area contributed by atoms with Crippen LogP contribution in [-0.4, -0.2) is 19.9 Å². The minimum atomic E-state index is -0.548. The summed E-state index contributed by atoms with van der Waals surface area (Å²) in [5.41, 5.74) is 7.97. The van der Waals surface area contributed by atoms with Gasteiger partial charge in [-0.3, -0.25) is 4.79 Å². The molecule has 29 heavy (non-hydrogen) atoms. The number of nitrogens with zero attached hydrogens (tertiary/aromatic N) is 3. The van der Waals surface area contributed by atoms with Crippen LogP contribution >= 0.6 is 0 Å². The highest BCUT2D eigenvalue weighted by Gasteiger charge is 2.16. The molecule has 0 amide bonds.